The minimum absolute atomic E-state index is 0.228. The summed E-state index contributed by atoms with van der Waals surface area (Å²) < 4.78 is 30.9. The second kappa shape index (κ2) is 7.47. The van der Waals surface area contributed by atoms with E-state index < -0.39 is 6.61 Å². The molecule has 3 aromatic rings. The monoisotopic (exact) mass is 387 g/mol. The van der Waals surface area contributed by atoms with Crippen molar-refractivity contribution in [3.05, 3.63) is 59.0 Å². The van der Waals surface area contributed by atoms with Crippen LogP contribution >= 0.6 is 0 Å². The third kappa shape index (κ3) is 3.63. The van der Waals surface area contributed by atoms with Crippen LogP contribution in [-0.4, -0.2) is 42.3 Å². The second-order valence-electron chi connectivity index (χ2n) is 6.56. The fraction of sp³-hybridized carbons (Fsp3) is 0.250. The highest BCUT2D eigenvalue weighted by molar-refractivity contribution is 5.71. The largest absolute Gasteiger partial charge is 0.504 e. The number of phenolic OH excluding ortho intramolecular Hbond substituents is 1. The van der Waals surface area contributed by atoms with Crippen molar-refractivity contribution in [1.82, 2.24) is 9.72 Å². The topological polar surface area (TPSA) is 66.2 Å². The Morgan fingerprint density at radius 3 is 2.57 bits per heavy atom. The van der Waals surface area contributed by atoms with Gasteiger partial charge in [0.05, 0.1) is 5.69 Å². The highest BCUT2D eigenvalue weighted by Crippen LogP contribution is 2.33. The summed E-state index contributed by atoms with van der Waals surface area (Å²) in [7, 11) is 0. The minimum Gasteiger partial charge on any atom is -0.504 e. The molecule has 1 aliphatic rings. The summed E-state index contributed by atoms with van der Waals surface area (Å²) in [5, 5.41) is 13.0. The first-order chi connectivity index (χ1) is 13.5. The van der Waals surface area contributed by atoms with Crippen molar-refractivity contribution in [2.45, 2.75) is 6.61 Å². The van der Waals surface area contributed by atoms with Gasteiger partial charge in [0.15, 0.2) is 11.5 Å². The van der Waals surface area contributed by atoms with Crippen molar-refractivity contribution < 1.29 is 18.6 Å². The molecule has 0 bridgehead atoms. The molecule has 1 fully saturated rings. The van der Waals surface area contributed by atoms with E-state index in [-0.39, 0.29) is 17.1 Å². The fourth-order valence-electron chi connectivity index (χ4n) is 3.37. The van der Waals surface area contributed by atoms with E-state index in [2.05, 4.69) is 15.0 Å². The number of halogens is 2. The van der Waals surface area contributed by atoms with Crippen LogP contribution in [0.2, 0.25) is 0 Å². The number of hydrogen-bond acceptors (Lipinski definition) is 5. The predicted molar refractivity (Wildman–Crippen MR) is 102 cm³/mol. The molecule has 3 heterocycles. The minimum atomic E-state index is -3.05. The molecule has 1 aliphatic heterocycles. The van der Waals surface area contributed by atoms with Crippen molar-refractivity contribution in [1.29, 1.82) is 0 Å². The van der Waals surface area contributed by atoms with E-state index in [0.717, 1.165) is 31.9 Å². The van der Waals surface area contributed by atoms with Crippen molar-refractivity contribution in [3.63, 3.8) is 0 Å². The van der Waals surface area contributed by atoms with Gasteiger partial charge in [0, 0.05) is 44.0 Å². The maximum atomic E-state index is 12.7. The van der Waals surface area contributed by atoms with Crippen LogP contribution in [0.4, 0.5) is 14.5 Å². The summed E-state index contributed by atoms with van der Waals surface area (Å²) in [5.41, 5.74) is 2.49. The first-order valence-corrected chi connectivity index (χ1v) is 8.91. The second-order valence-corrected chi connectivity index (χ2v) is 6.56. The van der Waals surface area contributed by atoms with Crippen LogP contribution in [0.1, 0.15) is 0 Å². The van der Waals surface area contributed by atoms with Crippen LogP contribution in [-0.2, 0) is 0 Å². The maximum Gasteiger partial charge on any atom is 0.387 e. The Labute approximate surface area is 159 Å². The molecule has 8 heteroatoms. The average molecular weight is 387 g/mol. The molecule has 1 saturated heterocycles. The van der Waals surface area contributed by atoms with Gasteiger partial charge in [-0.15, -0.1) is 0 Å². The molecule has 0 amide bonds. The van der Waals surface area contributed by atoms with Crippen molar-refractivity contribution in [3.8, 4) is 22.6 Å². The van der Waals surface area contributed by atoms with E-state index in [1.807, 2.05) is 18.3 Å². The van der Waals surface area contributed by atoms with E-state index >= 15 is 0 Å². The van der Waals surface area contributed by atoms with E-state index in [1.165, 1.54) is 18.2 Å². The first kappa shape index (κ1) is 18.2. The number of anilines is 1. The molecule has 0 radical (unpaired) electrons. The van der Waals surface area contributed by atoms with Gasteiger partial charge in [-0.05, 0) is 41.5 Å². The number of ether oxygens (including phenoxy) is 1. The molecule has 0 spiro atoms. The number of piperazine rings is 1. The summed E-state index contributed by atoms with van der Waals surface area (Å²) in [6.45, 7) is 0.495. The van der Waals surface area contributed by atoms with E-state index in [1.54, 1.807) is 16.5 Å². The zero-order valence-electron chi connectivity index (χ0n) is 14.9. The van der Waals surface area contributed by atoms with E-state index in [0.29, 0.717) is 16.6 Å². The summed E-state index contributed by atoms with van der Waals surface area (Å²) >= 11 is 0. The van der Waals surface area contributed by atoms with Crippen molar-refractivity contribution in [2.75, 3.05) is 31.1 Å². The highest BCUT2D eigenvalue weighted by Gasteiger charge is 2.14. The van der Waals surface area contributed by atoms with Crippen LogP contribution in [0.3, 0.4) is 0 Å². The smallest absolute Gasteiger partial charge is 0.387 e. The molecule has 6 nitrogen and oxygen atoms in total. The van der Waals surface area contributed by atoms with Gasteiger partial charge < -0.3 is 20.1 Å². The predicted octanol–water partition coefficient (Wildman–Crippen LogP) is 2.68. The lowest BCUT2D eigenvalue weighted by molar-refractivity contribution is -0.0512. The van der Waals surface area contributed by atoms with Crippen LogP contribution in [0.25, 0.3) is 16.6 Å². The van der Waals surface area contributed by atoms with E-state index in [4.69, 9.17) is 0 Å². The van der Waals surface area contributed by atoms with Gasteiger partial charge in [-0.2, -0.15) is 8.78 Å². The summed E-state index contributed by atoms with van der Waals surface area (Å²) in [5.74, 6) is -0.719. The molecule has 0 unspecified atom stereocenters. The summed E-state index contributed by atoms with van der Waals surface area (Å²) in [6, 6.07) is 11.2. The molecule has 1 aromatic carbocycles. The number of pyridine rings is 2. The molecular weight excluding hydrogens is 368 g/mol. The number of aromatic hydroxyl groups is 1. The number of phenols is 1. The Balaban J connectivity index is 1.72. The van der Waals surface area contributed by atoms with Gasteiger partial charge in [0.1, 0.15) is 0 Å². The molecule has 0 saturated carbocycles. The lowest BCUT2D eigenvalue weighted by Crippen LogP contribution is -2.43. The molecule has 4 rings (SSSR count). The third-order valence-corrected chi connectivity index (χ3v) is 4.78. The molecule has 2 N–H and O–H groups in total. The Morgan fingerprint density at radius 2 is 1.82 bits per heavy atom. The third-order valence-electron chi connectivity index (χ3n) is 4.78. The van der Waals surface area contributed by atoms with Gasteiger partial charge in [0.2, 0.25) is 0 Å². The number of benzene rings is 1. The lowest BCUT2D eigenvalue weighted by Gasteiger charge is -2.29. The Hall–Kier alpha value is -3.13. The van der Waals surface area contributed by atoms with Gasteiger partial charge in [-0.25, -0.2) is 0 Å². The number of nitrogens with one attached hydrogen (secondary N) is 1. The maximum absolute atomic E-state index is 12.7. The number of alkyl halides is 2. The van der Waals surface area contributed by atoms with Crippen molar-refractivity contribution in [2.24, 2.45) is 0 Å². The molecule has 28 heavy (non-hydrogen) atoms. The molecule has 146 valence electrons. The Kier molecular flexibility index (Phi) is 4.87. The Morgan fingerprint density at radius 1 is 1.04 bits per heavy atom. The fourth-order valence-corrected chi connectivity index (χ4v) is 3.37. The van der Waals surface area contributed by atoms with Crippen LogP contribution in [0, 0.1) is 0 Å². The van der Waals surface area contributed by atoms with Crippen LogP contribution < -0.4 is 20.5 Å². The normalized spacial score (nSPS) is 14.6. The number of aromatic nitrogens is 1. The average Bonchev–Trinajstić information content (AvgIpc) is 2.69. The van der Waals surface area contributed by atoms with Gasteiger partial charge in [0.25, 0.3) is 5.56 Å². The molecule has 2 aromatic heterocycles. The lowest BCUT2D eigenvalue weighted by atomic mass is 10.1. The number of hydrogen-bond donors (Lipinski definition) is 2. The SMILES string of the molecule is O=c1cc(-c2ccc(O)c(OC(F)F)c2)cc2ccc(N3CCNCC3)cn12. The molecule has 0 atom stereocenters. The quantitative estimate of drug-likeness (QED) is 0.721. The van der Waals surface area contributed by atoms with Gasteiger partial charge in [-0.1, -0.05) is 6.07 Å². The Bertz CT molecular complexity index is 1060. The zero-order chi connectivity index (χ0) is 19.7. The zero-order valence-corrected chi connectivity index (χ0v) is 14.9. The molecule has 0 aliphatic carbocycles. The number of rotatable bonds is 4. The van der Waals surface area contributed by atoms with Gasteiger partial charge in [-0.3, -0.25) is 9.20 Å². The van der Waals surface area contributed by atoms with Crippen molar-refractivity contribution >= 4 is 11.2 Å². The van der Waals surface area contributed by atoms with Crippen LogP contribution in [0.15, 0.2) is 53.5 Å². The first-order valence-electron chi connectivity index (χ1n) is 8.91. The number of nitrogens with zero attached hydrogens (tertiary/aromatic N) is 2. The molecular formula is C20H19F2N3O3. The van der Waals surface area contributed by atoms with Crippen LogP contribution in [0.5, 0.6) is 11.5 Å². The summed E-state index contributed by atoms with van der Waals surface area (Å²) in [4.78, 5) is 14.9. The van der Waals surface area contributed by atoms with Gasteiger partial charge >= 0.3 is 6.61 Å². The summed E-state index contributed by atoms with van der Waals surface area (Å²) in [6.07, 6.45) is 1.81. The van der Waals surface area contributed by atoms with E-state index in [9.17, 15) is 18.7 Å². The highest BCUT2D eigenvalue weighted by atomic mass is 19.3. The number of fused-ring (bicyclic) bond motifs is 1. The standard InChI is InChI=1S/C20H19F2N3O3/c21-20(22)28-18-10-13(1-4-17(18)26)14-9-15-2-3-16(12-25(15)19(27)11-14)24-7-5-23-6-8-24/h1-4,9-12,20,23,26H,5-8H2.